The lowest BCUT2D eigenvalue weighted by atomic mass is 9.79. The zero-order chi connectivity index (χ0) is 21.0. The summed E-state index contributed by atoms with van der Waals surface area (Å²) in [5, 5.41) is 0. The first-order valence-electron chi connectivity index (χ1n) is 9.67. The molecule has 2 aliphatic rings. The van der Waals surface area contributed by atoms with Crippen molar-refractivity contribution in [1.82, 2.24) is 4.57 Å². The van der Waals surface area contributed by atoms with Crippen LogP contribution in [0.1, 0.15) is 31.0 Å². The van der Waals surface area contributed by atoms with Crippen LogP contribution in [-0.4, -0.2) is 23.2 Å². The molecule has 152 valence electrons. The third kappa shape index (κ3) is 2.65. The number of benzene rings is 2. The standard InChI is InChI=1S/C23H20N2O4S/c1-13(26)19-20-15-9-5-7-11-17(15)29-23(19,2)24-22-25(20)21(27)18(30-22)12-14-8-4-6-10-16(14)28-3/h4-12,19-20H,1-3H3/b18-12-/t19-,20-,23+/m0/s1. The first-order valence-corrected chi connectivity index (χ1v) is 10.5. The van der Waals surface area contributed by atoms with Crippen LogP contribution in [0.4, 0.5) is 0 Å². The Morgan fingerprint density at radius 1 is 1.23 bits per heavy atom. The average Bonchev–Trinajstić information content (AvgIpc) is 3.01. The number of fused-ring (bicyclic) bond motifs is 6. The number of carbonyl (C=O) groups is 1. The average molecular weight is 420 g/mol. The van der Waals surface area contributed by atoms with Gasteiger partial charge in [-0.15, -0.1) is 0 Å². The van der Waals surface area contributed by atoms with Crippen molar-refractivity contribution in [1.29, 1.82) is 0 Å². The second kappa shape index (κ2) is 6.67. The maximum absolute atomic E-state index is 13.5. The maximum atomic E-state index is 13.5. The van der Waals surface area contributed by atoms with Crippen LogP contribution in [0.15, 0.2) is 58.3 Å². The number of Topliss-reactive ketones (excluding diaryl/α,β-unsaturated/α-hetero) is 1. The van der Waals surface area contributed by atoms with Crippen molar-refractivity contribution in [2.75, 3.05) is 7.11 Å². The number of hydrogen-bond donors (Lipinski definition) is 0. The topological polar surface area (TPSA) is 69.9 Å². The molecule has 2 aliphatic heterocycles. The predicted octanol–water partition coefficient (Wildman–Crippen LogP) is 2.28. The minimum Gasteiger partial charge on any atom is -0.496 e. The van der Waals surface area contributed by atoms with Crippen LogP contribution < -0.4 is 24.4 Å². The molecule has 2 aromatic carbocycles. The molecular weight excluding hydrogens is 400 g/mol. The second-order valence-electron chi connectivity index (χ2n) is 7.65. The zero-order valence-electron chi connectivity index (χ0n) is 16.8. The highest BCUT2D eigenvalue weighted by Gasteiger charge is 2.53. The Bertz CT molecular complexity index is 1360. The van der Waals surface area contributed by atoms with Gasteiger partial charge in [-0.25, -0.2) is 4.99 Å². The Labute approximate surface area is 176 Å². The van der Waals surface area contributed by atoms with Crippen LogP contribution in [-0.2, 0) is 4.79 Å². The summed E-state index contributed by atoms with van der Waals surface area (Å²) in [5.41, 5.74) is 0.420. The molecule has 0 unspecified atom stereocenters. The summed E-state index contributed by atoms with van der Waals surface area (Å²) in [6, 6.07) is 14.6. The van der Waals surface area contributed by atoms with Gasteiger partial charge in [-0.05, 0) is 32.1 Å². The summed E-state index contributed by atoms with van der Waals surface area (Å²) >= 11 is 1.30. The molecule has 0 amide bonds. The van der Waals surface area contributed by atoms with Gasteiger partial charge in [0.1, 0.15) is 23.2 Å². The molecule has 6 nitrogen and oxygen atoms in total. The lowest BCUT2D eigenvalue weighted by Gasteiger charge is -2.45. The largest absolute Gasteiger partial charge is 0.496 e. The van der Waals surface area contributed by atoms with Gasteiger partial charge in [0.25, 0.3) is 5.56 Å². The van der Waals surface area contributed by atoms with Crippen molar-refractivity contribution in [3.05, 3.63) is 79.3 Å². The van der Waals surface area contributed by atoms with Crippen LogP contribution in [0, 0.1) is 5.92 Å². The highest BCUT2D eigenvalue weighted by Crippen LogP contribution is 2.47. The van der Waals surface area contributed by atoms with E-state index in [0.717, 1.165) is 11.1 Å². The summed E-state index contributed by atoms with van der Waals surface area (Å²) in [4.78, 5) is 31.5. The number of ketones is 1. The first-order chi connectivity index (χ1) is 14.4. The smallest absolute Gasteiger partial charge is 0.270 e. The van der Waals surface area contributed by atoms with Gasteiger partial charge in [0, 0.05) is 11.1 Å². The molecule has 0 aliphatic carbocycles. The maximum Gasteiger partial charge on any atom is 0.270 e. The molecule has 1 aromatic heterocycles. The molecular formula is C23H20N2O4S. The van der Waals surface area contributed by atoms with Gasteiger partial charge in [-0.2, -0.15) is 0 Å². The molecule has 0 N–H and O–H groups in total. The number of methoxy groups -OCH3 is 1. The normalized spacial score (nSPS) is 24.3. The van der Waals surface area contributed by atoms with Gasteiger partial charge in [0.05, 0.1) is 17.7 Å². The van der Waals surface area contributed by atoms with Gasteiger partial charge in [0.2, 0.25) is 5.72 Å². The molecule has 5 rings (SSSR count). The fraction of sp³-hybridized carbons (Fsp3) is 0.261. The summed E-state index contributed by atoms with van der Waals surface area (Å²) < 4.78 is 13.8. The van der Waals surface area contributed by atoms with Crippen molar-refractivity contribution < 1.29 is 14.3 Å². The lowest BCUT2D eigenvalue weighted by molar-refractivity contribution is -0.132. The molecule has 0 saturated heterocycles. The number of thiazole rings is 1. The summed E-state index contributed by atoms with van der Waals surface area (Å²) in [6.07, 6.45) is 1.81. The Kier molecular flexibility index (Phi) is 4.18. The molecule has 2 bridgehead atoms. The molecule has 0 fully saturated rings. The Morgan fingerprint density at radius 3 is 2.73 bits per heavy atom. The van der Waals surface area contributed by atoms with Crippen molar-refractivity contribution in [2.24, 2.45) is 10.9 Å². The summed E-state index contributed by atoms with van der Waals surface area (Å²) in [7, 11) is 1.60. The van der Waals surface area contributed by atoms with Crippen LogP contribution >= 0.6 is 11.3 Å². The van der Waals surface area contributed by atoms with Crippen LogP contribution in [0.2, 0.25) is 0 Å². The monoisotopic (exact) mass is 420 g/mol. The first kappa shape index (κ1) is 18.8. The van der Waals surface area contributed by atoms with Crippen molar-refractivity contribution in [3.8, 4) is 11.5 Å². The number of carbonyl (C=O) groups excluding carboxylic acids is 1. The fourth-order valence-corrected chi connectivity index (χ4v) is 5.57. The number of para-hydroxylation sites is 2. The van der Waals surface area contributed by atoms with Crippen LogP contribution in [0.25, 0.3) is 6.08 Å². The molecule has 0 spiro atoms. The summed E-state index contributed by atoms with van der Waals surface area (Å²) in [6.45, 7) is 3.35. The van der Waals surface area contributed by atoms with Gasteiger partial charge in [0.15, 0.2) is 4.80 Å². The number of ether oxygens (including phenoxy) is 2. The minimum absolute atomic E-state index is 0.0558. The number of hydrogen-bond acceptors (Lipinski definition) is 6. The highest BCUT2D eigenvalue weighted by atomic mass is 32.1. The Balaban J connectivity index is 1.81. The van der Waals surface area contributed by atoms with Crippen molar-refractivity contribution in [2.45, 2.75) is 25.6 Å². The third-order valence-corrected chi connectivity index (χ3v) is 6.73. The van der Waals surface area contributed by atoms with Crippen LogP contribution in [0.5, 0.6) is 11.5 Å². The SMILES string of the molecule is COc1ccccc1/C=c1\sc2n(c1=O)[C@H]1c3ccccc3O[C@@](C)(N=2)[C@H]1C(C)=O. The molecule has 30 heavy (non-hydrogen) atoms. The van der Waals surface area contributed by atoms with Gasteiger partial charge < -0.3 is 9.47 Å². The molecule has 0 saturated carbocycles. The van der Waals surface area contributed by atoms with Crippen molar-refractivity contribution >= 4 is 23.2 Å². The van der Waals surface area contributed by atoms with Crippen LogP contribution in [0.3, 0.4) is 0 Å². The van der Waals surface area contributed by atoms with Gasteiger partial charge in [-0.1, -0.05) is 47.7 Å². The number of nitrogens with zero attached hydrogens (tertiary/aromatic N) is 2. The lowest BCUT2D eigenvalue weighted by Crippen LogP contribution is -2.58. The third-order valence-electron chi connectivity index (χ3n) is 5.74. The molecule has 0 radical (unpaired) electrons. The molecule has 3 heterocycles. The van der Waals surface area contributed by atoms with E-state index in [4.69, 9.17) is 14.5 Å². The zero-order valence-corrected chi connectivity index (χ0v) is 17.6. The van der Waals surface area contributed by atoms with E-state index < -0.39 is 17.7 Å². The van der Waals surface area contributed by atoms with Gasteiger partial charge in [-0.3, -0.25) is 14.2 Å². The van der Waals surface area contributed by atoms with E-state index in [1.165, 1.54) is 18.3 Å². The predicted molar refractivity (Wildman–Crippen MR) is 114 cm³/mol. The number of rotatable bonds is 3. The number of aromatic nitrogens is 1. The van der Waals surface area contributed by atoms with E-state index in [1.54, 1.807) is 11.7 Å². The Hall–Kier alpha value is -3.19. The highest BCUT2D eigenvalue weighted by molar-refractivity contribution is 7.07. The van der Waals surface area contributed by atoms with E-state index in [1.807, 2.05) is 61.5 Å². The molecule has 7 heteroatoms. The minimum atomic E-state index is -1.05. The summed E-state index contributed by atoms with van der Waals surface area (Å²) in [5.74, 6) is 0.711. The van der Waals surface area contributed by atoms with E-state index in [0.29, 0.717) is 20.8 Å². The van der Waals surface area contributed by atoms with Crippen molar-refractivity contribution in [3.63, 3.8) is 0 Å². The van der Waals surface area contributed by atoms with Gasteiger partial charge >= 0.3 is 0 Å². The van der Waals surface area contributed by atoms with E-state index in [-0.39, 0.29) is 11.3 Å². The van der Waals surface area contributed by atoms with E-state index >= 15 is 0 Å². The van der Waals surface area contributed by atoms with E-state index in [2.05, 4.69) is 0 Å². The molecule has 3 atom stereocenters. The van der Waals surface area contributed by atoms with E-state index in [9.17, 15) is 9.59 Å². The quantitative estimate of drug-likeness (QED) is 0.652. The Morgan fingerprint density at radius 2 is 1.97 bits per heavy atom. The fourth-order valence-electron chi connectivity index (χ4n) is 4.48. The second-order valence-corrected chi connectivity index (χ2v) is 8.66. The molecule has 3 aromatic rings.